The maximum Gasteiger partial charge on any atom is 0.163 e. The van der Waals surface area contributed by atoms with E-state index in [1.165, 1.54) is 12.1 Å². The number of halogens is 1. The Hall–Kier alpha value is -3.33. The van der Waals surface area contributed by atoms with Gasteiger partial charge >= 0.3 is 0 Å². The number of aromatic nitrogens is 1. The highest BCUT2D eigenvalue weighted by molar-refractivity contribution is 5.96. The van der Waals surface area contributed by atoms with Crippen molar-refractivity contribution in [3.63, 3.8) is 0 Å². The number of ketones is 1. The van der Waals surface area contributed by atoms with Gasteiger partial charge in [0.05, 0.1) is 24.1 Å². The zero-order valence-corrected chi connectivity index (χ0v) is 22.0. The molecule has 3 aromatic rings. The second-order valence-electron chi connectivity index (χ2n) is 10.6. The third kappa shape index (κ3) is 6.95. The molecule has 202 valence electrons. The highest BCUT2D eigenvalue weighted by atomic mass is 19.1. The van der Waals surface area contributed by atoms with Gasteiger partial charge in [-0.15, -0.1) is 0 Å². The molecular formula is C30H35FN2O5. The van der Waals surface area contributed by atoms with Gasteiger partial charge in [-0.3, -0.25) is 4.79 Å². The van der Waals surface area contributed by atoms with Crippen molar-refractivity contribution >= 4 is 5.78 Å². The molecule has 0 aliphatic heterocycles. The number of pyridine rings is 1. The van der Waals surface area contributed by atoms with Gasteiger partial charge < -0.3 is 25.4 Å². The molecule has 1 aliphatic rings. The molecule has 0 spiro atoms. The molecule has 1 fully saturated rings. The van der Waals surface area contributed by atoms with E-state index in [1.807, 2.05) is 19.9 Å². The number of aliphatic hydroxyl groups excluding tert-OH is 1. The number of nitrogens with zero attached hydrogens (tertiary/aromatic N) is 1. The van der Waals surface area contributed by atoms with Gasteiger partial charge in [0.2, 0.25) is 0 Å². The molecule has 1 saturated carbocycles. The van der Waals surface area contributed by atoms with Gasteiger partial charge in [0.25, 0.3) is 0 Å². The highest BCUT2D eigenvalue weighted by Crippen LogP contribution is 2.36. The standard InChI is InChI=1S/C30H35FN2O5/c1-29(2,32)21-17-24(19-4-7-22(31)8-5-19)33-28(18-21)30(3,36)13-12-25(35)20-6-11-26(38-23-9-10-23)27(16-20)37-15-14-34/h4-8,11,16-18,23,34,36H,9-10,12-15,32H2,1-3H3/t30-/m1/s1. The Labute approximate surface area is 222 Å². The van der Waals surface area contributed by atoms with Gasteiger partial charge in [-0.1, -0.05) is 0 Å². The second-order valence-corrected chi connectivity index (χ2v) is 10.6. The predicted octanol–water partition coefficient (Wildman–Crippen LogP) is 4.86. The Bertz CT molecular complexity index is 1280. The summed E-state index contributed by atoms with van der Waals surface area (Å²) in [4.78, 5) is 17.8. The van der Waals surface area contributed by atoms with E-state index in [0.29, 0.717) is 34.0 Å². The minimum atomic E-state index is -1.43. The number of carbonyl (C=O) groups excluding carboxylic acids is 1. The summed E-state index contributed by atoms with van der Waals surface area (Å²) >= 11 is 0. The van der Waals surface area contributed by atoms with Crippen LogP contribution in [0.25, 0.3) is 11.3 Å². The van der Waals surface area contributed by atoms with Crippen molar-refractivity contribution in [3.05, 3.63) is 77.2 Å². The van der Waals surface area contributed by atoms with Crippen LogP contribution in [0.5, 0.6) is 11.5 Å². The Balaban J connectivity index is 1.55. The van der Waals surface area contributed by atoms with Crippen LogP contribution in [0, 0.1) is 5.82 Å². The number of carbonyl (C=O) groups is 1. The van der Waals surface area contributed by atoms with Crippen LogP contribution in [0.15, 0.2) is 54.6 Å². The first-order chi connectivity index (χ1) is 18.0. The smallest absolute Gasteiger partial charge is 0.163 e. The van der Waals surface area contributed by atoms with E-state index >= 15 is 0 Å². The van der Waals surface area contributed by atoms with Crippen molar-refractivity contribution in [3.8, 4) is 22.8 Å². The molecule has 2 aromatic carbocycles. The molecule has 0 saturated heterocycles. The second kappa shape index (κ2) is 11.2. The fraction of sp³-hybridized carbons (Fsp3) is 0.400. The lowest BCUT2D eigenvalue weighted by Crippen LogP contribution is -2.31. The lowest BCUT2D eigenvalue weighted by Gasteiger charge is -2.27. The van der Waals surface area contributed by atoms with Crippen molar-refractivity contribution in [2.75, 3.05) is 13.2 Å². The molecule has 4 N–H and O–H groups in total. The molecule has 0 radical (unpaired) electrons. The Morgan fingerprint density at radius 2 is 1.79 bits per heavy atom. The summed E-state index contributed by atoms with van der Waals surface area (Å²) in [5.41, 5.74) is 7.02. The number of hydrogen-bond donors (Lipinski definition) is 3. The number of nitrogens with two attached hydrogens (primary N) is 1. The molecule has 1 aliphatic carbocycles. The molecule has 0 bridgehead atoms. The maximum atomic E-state index is 13.5. The topological polar surface area (TPSA) is 115 Å². The summed E-state index contributed by atoms with van der Waals surface area (Å²) in [6, 6.07) is 14.6. The van der Waals surface area contributed by atoms with Crippen molar-refractivity contribution in [2.24, 2.45) is 5.73 Å². The first-order valence-electron chi connectivity index (χ1n) is 12.8. The zero-order valence-electron chi connectivity index (χ0n) is 22.0. The van der Waals surface area contributed by atoms with E-state index in [1.54, 1.807) is 43.3 Å². The molecule has 0 unspecified atom stereocenters. The van der Waals surface area contributed by atoms with Crippen LogP contribution in [0.1, 0.15) is 68.1 Å². The van der Waals surface area contributed by atoms with Crippen molar-refractivity contribution in [1.29, 1.82) is 0 Å². The van der Waals surface area contributed by atoms with Crippen LogP contribution in [-0.4, -0.2) is 40.3 Å². The molecule has 8 heteroatoms. The molecular weight excluding hydrogens is 487 g/mol. The van der Waals surface area contributed by atoms with Crippen LogP contribution in [-0.2, 0) is 11.1 Å². The van der Waals surface area contributed by atoms with E-state index in [-0.39, 0.29) is 43.8 Å². The summed E-state index contributed by atoms with van der Waals surface area (Å²) in [6.07, 6.45) is 2.29. The summed E-state index contributed by atoms with van der Waals surface area (Å²) < 4.78 is 24.9. The Morgan fingerprint density at radius 1 is 1.08 bits per heavy atom. The van der Waals surface area contributed by atoms with Crippen molar-refractivity contribution in [2.45, 2.75) is 63.7 Å². The third-order valence-corrected chi connectivity index (χ3v) is 6.53. The average molecular weight is 523 g/mol. The number of aliphatic hydroxyl groups is 2. The normalized spacial score (nSPS) is 15.1. The van der Waals surface area contributed by atoms with Gasteiger partial charge in [-0.05, 0) is 100 Å². The van der Waals surface area contributed by atoms with Crippen LogP contribution in [0.2, 0.25) is 0 Å². The molecule has 1 aromatic heterocycles. The average Bonchev–Trinajstić information content (AvgIpc) is 3.70. The minimum Gasteiger partial charge on any atom is -0.487 e. The van der Waals surface area contributed by atoms with Gasteiger partial charge in [0.1, 0.15) is 18.0 Å². The Kier molecular flexibility index (Phi) is 8.16. The van der Waals surface area contributed by atoms with E-state index in [0.717, 1.165) is 18.4 Å². The monoisotopic (exact) mass is 522 g/mol. The van der Waals surface area contributed by atoms with Crippen LogP contribution in [0.4, 0.5) is 4.39 Å². The lowest BCUT2D eigenvalue weighted by molar-refractivity contribution is 0.0396. The van der Waals surface area contributed by atoms with Crippen LogP contribution < -0.4 is 15.2 Å². The fourth-order valence-electron chi connectivity index (χ4n) is 3.99. The summed E-state index contributed by atoms with van der Waals surface area (Å²) in [6.45, 7) is 5.25. The van der Waals surface area contributed by atoms with Gasteiger partial charge in [0.15, 0.2) is 17.3 Å². The Morgan fingerprint density at radius 3 is 2.42 bits per heavy atom. The molecule has 1 atom stereocenters. The van der Waals surface area contributed by atoms with Crippen LogP contribution >= 0.6 is 0 Å². The molecule has 4 rings (SSSR count). The lowest BCUT2D eigenvalue weighted by atomic mass is 9.88. The maximum absolute atomic E-state index is 13.5. The van der Waals surface area contributed by atoms with Gasteiger partial charge in [0, 0.05) is 23.1 Å². The number of hydrogen-bond acceptors (Lipinski definition) is 7. The van der Waals surface area contributed by atoms with E-state index in [4.69, 9.17) is 20.3 Å². The number of ether oxygens (including phenoxy) is 2. The predicted molar refractivity (Wildman–Crippen MR) is 143 cm³/mol. The van der Waals surface area contributed by atoms with E-state index in [2.05, 4.69) is 4.98 Å². The van der Waals surface area contributed by atoms with Crippen molar-refractivity contribution < 1.29 is 28.9 Å². The first kappa shape index (κ1) is 27.7. The summed E-state index contributed by atoms with van der Waals surface area (Å²) in [5.74, 6) is 0.424. The zero-order chi connectivity index (χ0) is 27.5. The highest BCUT2D eigenvalue weighted by Gasteiger charge is 2.30. The fourth-order valence-corrected chi connectivity index (χ4v) is 3.99. The van der Waals surface area contributed by atoms with Gasteiger partial charge in [-0.2, -0.15) is 0 Å². The van der Waals surface area contributed by atoms with Gasteiger partial charge in [-0.25, -0.2) is 9.37 Å². The van der Waals surface area contributed by atoms with E-state index < -0.39 is 11.1 Å². The minimum absolute atomic E-state index is 0.0546. The molecule has 0 amide bonds. The SMILES string of the molecule is CC(C)(N)c1cc(-c2ccc(F)cc2)nc([C@](C)(O)CCC(=O)c2ccc(OC3CC3)c(OCCO)c2)c1. The quantitative estimate of drug-likeness (QED) is 0.291. The third-order valence-electron chi connectivity index (χ3n) is 6.53. The molecule has 7 nitrogen and oxygen atoms in total. The summed E-state index contributed by atoms with van der Waals surface area (Å²) in [5, 5.41) is 20.6. The molecule has 38 heavy (non-hydrogen) atoms. The van der Waals surface area contributed by atoms with Crippen LogP contribution in [0.3, 0.4) is 0 Å². The summed E-state index contributed by atoms with van der Waals surface area (Å²) in [7, 11) is 0. The first-order valence-corrected chi connectivity index (χ1v) is 12.8. The number of Topliss-reactive ketones (excluding diaryl/α,β-unsaturated/α-hetero) is 1. The largest absolute Gasteiger partial charge is 0.487 e. The number of rotatable bonds is 12. The van der Waals surface area contributed by atoms with E-state index in [9.17, 15) is 14.3 Å². The molecule has 1 heterocycles. The number of benzene rings is 2. The van der Waals surface area contributed by atoms with Crippen molar-refractivity contribution in [1.82, 2.24) is 4.98 Å².